The van der Waals surface area contributed by atoms with Gasteiger partial charge in [0.05, 0.1) is 0 Å². The Morgan fingerprint density at radius 3 is 3.08 bits per heavy atom. The summed E-state index contributed by atoms with van der Waals surface area (Å²) in [4.78, 5) is 18.9. The van der Waals surface area contributed by atoms with Crippen LogP contribution in [-0.4, -0.2) is 17.5 Å². The average molecular weight is 167 g/mol. The van der Waals surface area contributed by atoms with Gasteiger partial charge < -0.3 is 5.32 Å². The lowest BCUT2D eigenvalue weighted by Crippen LogP contribution is -2.20. The van der Waals surface area contributed by atoms with E-state index in [1.165, 1.54) is 0 Å². The predicted molar refractivity (Wildman–Crippen MR) is 43.0 cm³/mol. The Bertz CT molecular complexity index is 250. The molecule has 0 unspecified atom stereocenters. The van der Waals surface area contributed by atoms with Crippen molar-refractivity contribution >= 4 is 11.7 Å². The van der Waals surface area contributed by atoms with Crippen molar-refractivity contribution in [1.29, 1.82) is 0 Å². The molecule has 5 nitrogen and oxygen atoms in total. The lowest BCUT2D eigenvalue weighted by Gasteiger charge is -2.01. The van der Waals surface area contributed by atoms with Gasteiger partial charge in [-0.2, -0.15) is 0 Å². The Kier molecular flexibility index (Phi) is 3.18. The molecule has 0 aliphatic carbocycles. The molecule has 1 aromatic rings. The van der Waals surface area contributed by atoms with Crippen LogP contribution in [0, 0.1) is 0 Å². The first-order valence-corrected chi connectivity index (χ1v) is 3.35. The SMILES string of the molecule is NOCC(=O)Nc1ccccn1. The fourth-order valence-electron chi connectivity index (χ4n) is 0.691. The number of carbonyl (C=O) groups excluding carboxylic acids is 1. The Balaban J connectivity index is 2.47. The molecule has 0 radical (unpaired) electrons. The van der Waals surface area contributed by atoms with Crippen molar-refractivity contribution in [2.24, 2.45) is 5.90 Å². The summed E-state index contributed by atoms with van der Waals surface area (Å²) in [6.45, 7) is -0.170. The quantitative estimate of drug-likeness (QED) is 0.617. The molecule has 1 aromatic heterocycles. The molecule has 0 saturated carbocycles. The van der Waals surface area contributed by atoms with Crippen molar-refractivity contribution in [3.8, 4) is 0 Å². The number of anilines is 1. The Labute approximate surface area is 69.5 Å². The molecule has 0 aromatic carbocycles. The van der Waals surface area contributed by atoms with E-state index in [2.05, 4.69) is 15.1 Å². The molecule has 5 heteroatoms. The lowest BCUT2D eigenvalue weighted by atomic mass is 10.4. The average Bonchev–Trinajstić information content (AvgIpc) is 2.06. The molecule has 0 aliphatic rings. The van der Waals surface area contributed by atoms with E-state index in [4.69, 9.17) is 5.90 Å². The Hall–Kier alpha value is -1.46. The maximum atomic E-state index is 10.9. The van der Waals surface area contributed by atoms with Crippen LogP contribution in [0.1, 0.15) is 0 Å². The van der Waals surface area contributed by atoms with Gasteiger partial charge in [0.25, 0.3) is 5.91 Å². The standard InChI is InChI=1S/C7H9N3O2/c8-12-5-7(11)10-6-3-1-2-4-9-6/h1-4H,5,8H2,(H,9,10,11). The molecule has 1 rings (SSSR count). The minimum atomic E-state index is -0.323. The van der Waals surface area contributed by atoms with Crippen LogP contribution in [0.2, 0.25) is 0 Å². The molecule has 0 saturated heterocycles. The molecule has 0 fully saturated rings. The predicted octanol–water partition coefficient (Wildman–Crippen LogP) is -0.0896. The molecule has 64 valence electrons. The van der Waals surface area contributed by atoms with E-state index in [9.17, 15) is 4.79 Å². The second-order valence-electron chi connectivity index (χ2n) is 2.07. The van der Waals surface area contributed by atoms with Crippen LogP contribution in [0.25, 0.3) is 0 Å². The van der Waals surface area contributed by atoms with Crippen molar-refractivity contribution in [2.75, 3.05) is 11.9 Å². The summed E-state index contributed by atoms with van der Waals surface area (Å²) >= 11 is 0. The van der Waals surface area contributed by atoms with E-state index in [0.717, 1.165) is 0 Å². The van der Waals surface area contributed by atoms with Crippen LogP contribution in [-0.2, 0) is 9.63 Å². The van der Waals surface area contributed by atoms with Crippen LogP contribution in [0.5, 0.6) is 0 Å². The fraction of sp³-hybridized carbons (Fsp3) is 0.143. The molecule has 0 bridgehead atoms. The number of pyridine rings is 1. The summed E-state index contributed by atoms with van der Waals surface area (Å²) in [5.41, 5.74) is 0. The second-order valence-corrected chi connectivity index (χ2v) is 2.07. The van der Waals surface area contributed by atoms with E-state index in [1.54, 1.807) is 24.4 Å². The molecule has 3 N–H and O–H groups in total. The molecule has 1 heterocycles. The van der Waals surface area contributed by atoms with Crippen LogP contribution in [0.15, 0.2) is 24.4 Å². The maximum absolute atomic E-state index is 10.9. The summed E-state index contributed by atoms with van der Waals surface area (Å²) in [5.74, 6) is 4.86. The van der Waals surface area contributed by atoms with Gasteiger partial charge in [-0.25, -0.2) is 10.9 Å². The molecular formula is C7H9N3O2. The Morgan fingerprint density at radius 1 is 1.67 bits per heavy atom. The van der Waals surface area contributed by atoms with E-state index in [-0.39, 0.29) is 12.5 Å². The highest BCUT2D eigenvalue weighted by atomic mass is 16.6. The number of nitrogens with zero attached hydrogens (tertiary/aromatic N) is 1. The highest BCUT2D eigenvalue weighted by Gasteiger charge is 2.00. The van der Waals surface area contributed by atoms with Gasteiger partial charge in [0.1, 0.15) is 12.4 Å². The van der Waals surface area contributed by atoms with Crippen LogP contribution >= 0.6 is 0 Å². The summed E-state index contributed by atoms with van der Waals surface area (Å²) in [7, 11) is 0. The van der Waals surface area contributed by atoms with Crippen molar-refractivity contribution in [3.05, 3.63) is 24.4 Å². The van der Waals surface area contributed by atoms with Crippen LogP contribution < -0.4 is 11.2 Å². The molecule has 0 atom stereocenters. The summed E-state index contributed by atoms with van der Waals surface area (Å²) in [6.07, 6.45) is 1.58. The number of nitrogens with two attached hydrogens (primary N) is 1. The van der Waals surface area contributed by atoms with Gasteiger partial charge in [-0.1, -0.05) is 6.07 Å². The lowest BCUT2D eigenvalue weighted by molar-refractivity contribution is -0.120. The number of rotatable bonds is 3. The first-order valence-electron chi connectivity index (χ1n) is 3.35. The minimum Gasteiger partial charge on any atom is -0.309 e. The van der Waals surface area contributed by atoms with Crippen molar-refractivity contribution in [3.63, 3.8) is 0 Å². The van der Waals surface area contributed by atoms with Crippen LogP contribution in [0.4, 0.5) is 5.82 Å². The van der Waals surface area contributed by atoms with E-state index < -0.39 is 0 Å². The van der Waals surface area contributed by atoms with Gasteiger partial charge in [-0.3, -0.25) is 9.63 Å². The Morgan fingerprint density at radius 2 is 2.50 bits per heavy atom. The molecule has 12 heavy (non-hydrogen) atoms. The maximum Gasteiger partial charge on any atom is 0.253 e. The minimum absolute atomic E-state index is 0.170. The van der Waals surface area contributed by atoms with Gasteiger partial charge in [0.15, 0.2) is 0 Å². The third-order valence-electron chi connectivity index (χ3n) is 1.15. The number of amides is 1. The second kappa shape index (κ2) is 4.42. The van der Waals surface area contributed by atoms with Crippen molar-refractivity contribution in [1.82, 2.24) is 4.98 Å². The number of aromatic nitrogens is 1. The van der Waals surface area contributed by atoms with Gasteiger partial charge in [-0.05, 0) is 12.1 Å². The van der Waals surface area contributed by atoms with Gasteiger partial charge in [0, 0.05) is 6.20 Å². The van der Waals surface area contributed by atoms with Crippen molar-refractivity contribution in [2.45, 2.75) is 0 Å². The topological polar surface area (TPSA) is 77.2 Å². The highest BCUT2D eigenvalue weighted by molar-refractivity contribution is 5.90. The zero-order chi connectivity index (χ0) is 8.81. The summed E-state index contributed by atoms with van der Waals surface area (Å²) in [5, 5.41) is 2.49. The smallest absolute Gasteiger partial charge is 0.253 e. The molecular weight excluding hydrogens is 158 g/mol. The summed E-state index contributed by atoms with van der Waals surface area (Å²) in [6, 6.07) is 5.20. The van der Waals surface area contributed by atoms with Crippen LogP contribution in [0.3, 0.4) is 0 Å². The zero-order valence-electron chi connectivity index (χ0n) is 6.36. The van der Waals surface area contributed by atoms with Gasteiger partial charge >= 0.3 is 0 Å². The summed E-state index contributed by atoms with van der Waals surface area (Å²) < 4.78 is 0. The molecule has 1 amide bonds. The van der Waals surface area contributed by atoms with E-state index in [1.807, 2.05) is 0 Å². The van der Waals surface area contributed by atoms with Crippen molar-refractivity contribution < 1.29 is 9.63 Å². The largest absolute Gasteiger partial charge is 0.309 e. The monoisotopic (exact) mass is 167 g/mol. The first kappa shape index (κ1) is 8.63. The first-order chi connectivity index (χ1) is 5.83. The third-order valence-corrected chi connectivity index (χ3v) is 1.15. The third kappa shape index (κ3) is 2.65. The molecule has 0 spiro atoms. The number of carbonyl (C=O) groups is 1. The number of hydrogen-bond donors (Lipinski definition) is 2. The zero-order valence-corrected chi connectivity index (χ0v) is 6.36. The number of hydrogen-bond acceptors (Lipinski definition) is 4. The van der Waals surface area contributed by atoms with Gasteiger partial charge in [0.2, 0.25) is 0 Å². The normalized spacial score (nSPS) is 9.42. The van der Waals surface area contributed by atoms with E-state index >= 15 is 0 Å². The van der Waals surface area contributed by atoms with Gasteiger partial charge in [-0.15, -0.1) is 0 Å². The highest BCUT2D eigenvalue weighted by Crippen LogP contribution is 1.98. The van der Waals surface area contributed by atoms with E-state index in [0.29, 0.717) is 5.82 Å². The fourth-order valence-corrected chi connectivity index (χ4v) is 0.691. The number of nitrogens with one attached hydrogen (secondary N) is 1. The molecule has 0 aliphatic heterocycles.